The van der Waals surface area contributed by atoms with Gasteiger partial charge in [-0.3, -0.25) is 4.90 Å². The zero-order valence-corrected chi connectivity index (χ0v) is 11.4. The van der Waals surface area contributed by atoms with Gasteiger partial charge in [0.25, 0.3) is 0 Å². The summed E-state index contributed by atoms with van der Waals surface area (Å²) in [6, 6.07) is 7.16. The molecule has 1 aromatic rings. The first-order valence-corrected chi connectivity index (χ1v) is 7.38. The first kappa shape index (κ1) is 12.0. The quantitative estimate of drug-likeness (QED) is 0.806. The van der Waals surface area contributed by atoms with Crippen LogP contribution in [0.4, 0.5) is 5.69 Å². The van der Waals surface area contributed by atoms with Gasteiger partial charge in [-0.25, -0.2) is 0 Å². The normalized spacial score (nSPS) is 28.3. The minimum absolute atomic E-state index is 0.791. The van der Waals surface area contributed by atoms with Crippen LogP contribution in [0.1, 0.15) is 50.2 Å². The molecule has 1 fully saturated rings. The summed E-state index contributed by atoms with van der Waals surface area (Å²) >= 11 is 0. The van der Waals surface area contributed by atoms with E-state index in [-0.39, 0.29) is 0 Å². The predicted octanol–water partition coefficient (Wildman–Crippen LogP) is 3.55. The molecule has 0 radical (unpaired) electrons. The molecule has 2 nitrogen and oxygen atoms in total. The van der Waals surface area contributed by atoms with E-state index < -0.39 is 0 Å². The lowest BCUT2D eigenvalue weighted by molar-refractivity contribution is 0.134. The van der Waals surface area contributed by atoms with Crippen molar-refractivity contribution in [3.05, 3.63) is 29.3 Å². The highest BCUT2D eigenvalue weighted by atomic mass is 15.2. The van der Waals surface area contributed by atoms with Gasteiger partial charge in [-0.15, -0.1) is 0 Å². The summed E-state index contributed by atoms with van der Waals surface area (Å²) < 4.78 is 0. The molecule has 2 heteroatoms. The number of hydrogen-bond acceptors (Lipinski definition) is 2. The summed E-state index contributed by atoms with van der Waals surface area (Å²) in [4.78, 5) is 2.65. The van der Waals surface area contributed by atoms with Gasteiger partial charge in [0, 0.05) is 24.8 Å². The van der Waals surface area contributed by atoms with Gasteiger partial charge < -0.3 is 5.73 Å². The van der Waals surface area contributed by atoms with Gasteiger partial charge in [0.15, 0.2) is 0 Å². The molecule has 0 saturated heterocycles. The average molecular weight is 244 g/mol. The molecule has 0 atom stereocenters. The standard InChI is InChI=1S/C16H24N2/c1-2-12-6-8-14(9-7-12)18-10-13-4-3-5-16(17)15(13)11-18/h3-5,12,14H,2,6-11,17H2,1H3. The number of hydrogen-bond donors (Lipinski definition) is 1. The molecule has 0 bridgehead atoms. The Labute approximate surface area is 110 Å². The van der Waals surface area contributed by atoms with Crippen LogP contribution in [0.5, 0.6) is 0 Å². The van der Waals surface area contributed by atoms with Crippen molar-refractivity contribution >= 4 is 5.69 Å². The van der Waals surface area contributed by atoms with Crippen molar-refractivity contribution in [3.63, 3.8) is 0 Å². The van der Waals surface area contributed by atoms with Gasteiger partial charge in [0.2, 0.25) is 0 Å². The third-order valence-corrected chi connectivity index (χ3v) is 4.95. The molecular formula is C16H24N2. The van der Waals surface area contributed by atoms with Crippen LogP contribution < -0.4 is 5.73 Å². The summed E-state index contributed by atoms with van der Waals surface area (Å²) in [5, 5.41) is 0. The fourth-order valence-corrected chi connectivity index (χ4v) is 3.65. The molecule has 18 heavy (non-hydrogen) atoms. The number of fused-ring (bicyclic) bond motifs is 1. The zero-order chi connectivity index (χ0) is 12.5. The van der Waals surface area contributed by atoms with Gasteiger partial charge in [-0.05, 0) is 48.8 Å². The first-order chi connectivity index (χ1) is 8.78. The second-order valence-electron chi connectivity index (χ2n) is 5.97. The zero-order valence-electron chi connectivity index (χ0n) is 11.4. The molecule has 1 aromatic carbocycles. The van der Waals surface area contributed by atoms with Gasteiger partial charge in [0.1, 0.15) is 0 Å². The molecule has 0 spiro atoms. The van der Waals surface area contributed by atoms with Gasteiger partial charge in [-0.2, -0.15) is 0 Å². The molecule has 1 aliphatic heterocycles. The van der Waals surface area contributed by atoms with E-state index in [4.69, 9.17) is 5.73 Å². The number of nitrogens with two attached hydrogens (primary N) is 1. The minimum Gasteiger partial charge on any atom is -0.398 e. The van der Waals surface area contributed by atoms with E-state index >= 15 is 0 Å². The monoisotopic (exact) mass is 244 g/mol. The third-order valence-electron chi connectivity index (χ3n) is 4.95. The Balaban J connectivity index is 1.66. The Hall–Kier alpha value is -1.02. The highest BCUT2D eigenvalue weighted by molar-refractivity contribution is 5.52. The van der Waals surface area contributed by atoms with Crippen molar-refractivity contribution in [3.8, 4) is 0 Å². The lowest BCUT2D eigenvalue weighted by atomic mass is 9.84. The van der Waals surface area contributed by atoms with Gasteiger partial charge >= 0.3 is 0 Å². The Morgan fingerprint density at radius 2 is 1.94 bits per heavy atom. The van der Waals surface area contributed by atoms with Crippen LogP contribution in [0, 0.1) is 5.92 Å². The van der Waals surface area contributed by atoms with E-state index in [0.29, 0.717) is 0 Å². The van der Waals surface area contributed by atoms with Crippen LogP contribution in [0.3, 0.4) is 0 Å². The molecule has 0 unspecified atom stereocenters. The van der Waals surface area contributed by atoms with Crippen LogP contribution in [0.15, 0.2) is 18.2 Å². The molecule has 3 rings (SSSR count). The molecule has 2 N–H and O–H groups in total. The second-order valence-corrected chi connectivity index (χ2v) is 5.97. The number of anilines is 1. The topological polar surface area (TPSA) is 29.3 Å². The molecule has 98 valence electrons. The van der Waals surface area contributed by atoms with Crippen molar-refractivity contribution in [2.45, 2.75) is 58.2 Å². The Morgan fingerprint density at radius 3 is 2.61 bits per heavy atom. The molecule has 1 saturated carbocycles. The number of rotatable bonds is 2. The van der Waals surface area contributed by atoms with Crippen molar-refractivity contribution in [1.29, 1.82) is 0 Å². The SMILES string of the molecule is CCC1CCC(N2Cc3cccc(N)c3C2)CC1. The molecule has 0 amide bonds. The largest absolute Gasteiger partial charge is 0.398 e. The maximum Gasteiger partial charge on any atom is 0.0363 e. The van der Waals surface area contributed by atoms with Crippen molar-refractivity contribution in [2.24, 2.45) is 5.92 Å². The van der Waals surface area contributed by atoms with E-state index in [9.17, 15) is 0 Å². The Kier molecular flexibility index (Phi) is 3.29. The molecule has 1 aliphatic carbocycles. The van der Waals surface area contributed by atoms with Gasteiger partial charge in [-0.1, -0.05) is 25.5 Å². The summed E-state index contributed by atoms with van der Waals surface area (Å²) in [6.45, 7) is 4.52. The lowest BCUT2D eigenvalue weighted by Gasteiger charge is -2.34. The van der Waals surface area contributed by atoms with E-state index in [0.717, 1.165) is 30.7 Å². The minimum atomic E-state index is 0.791. The highest BCUT2D eigenvalue weighted by Gasteiger charge is 2.29. The molecule has 2 aliphatic rings. The van der Waals surface area contributed by atoms with Crippen LogP contribution in [-0.2, 0) is 13.1 Å². The second kappa shape index (κ2) is 4.93. The lowest BCUT2D eigenvalue weighted by Crippen LogP contribution is -2.34. The maximum absolute atomic E-state index is 6.08. The van der Waals surface area contributed by atoms with Crippen LogP contribution in [0.2, 0.25) is 0 Å². The fraction of sp³-hybridized carbons (Fsp3) is 0.625. The molecular weight excluding hydrogens is 220 g/mol. The van der Waals surface area contributed by atoms with Crippen molar-refractivity contribution in [2.75, 3.05) is 5.73 Å². The number of nitrogens with zero attached hydrogens (tertiary/aromatic N) is 1. The van der Waals surface area contributed by atoms with Crippen molar-refractivity contribution in [1.82, 2.24) is 4.90 Å². The van der Waals surface area contributed by atoms with Crippen LogP contribution >= 0.6 is 0 Å². The van der Waals surface area contributed by atoms with E-state index in [1.165, 1.54) is 43.2 Å². The maximum atomic E-state index is 6.08. The number of nitrogen functional groups attached to an aromatic ring is 1. The fourth-order valence-electron chi connectivity index (χ4n) is 3.65. The van der Waals surface area contributed by atoms with Crippen LogP contribution in [0.25, 0.3) is 0 Å². The average Bonchev–Trinajstić information content (AvgIpc) is 2.84. The number of benzene rings is 1. The third kappa shape index (κ3) is 2.14. The van der Waals surface area contributed by atoms with Gasteiger partial charge in [0.05, 0.1) is 0 Å². The molecule has 0 aromatic heterocycles. The summed E-state index contributed by atoms with van der Waals surface area (Å²) in [6.07, 6.45) is 6.96. The van der Waals surface area contributed by atoms with E-state index in [1.807, 2.05) is 6.07 Å². The Morgan fingerprint density at radius 1 is 1.17 bits per heavy atom. The van der Waals surface area contributed by atoms with Crippen molar-refractivity contribution < 1.29 is 0 Å². The summed E-state index contributed by atoms with van der Waals surface area (Å²) in [7, 11) is 0. The summed E-state index contributed by atoms with van der Waals surface area (Å²) in [5.74, 6) is 0.983. The summed E-state index contributed by atoms with van der Waals surface area (Å²) in [5.41, 5.74) is 9.90. The Bertz CT molecular complexity index is 419. The van der Waals surface area contributed by atoms with E-state index in [1.54, 1.807) is 0 Å². The smallest absolute Gasteiger partial charge is 0.0363 e. The first-order valence-electron chi connectivity index (χ1n) is 7.38. The predicted molar refractivity (Wildman–Crippen MR) is 76.1 cm³/mol. The molecule has 1 heterocycles. The van der Waals surface area contributed by atoms with Crippen LogP contribution in [-0.4, -0.2) is 10.9 Å². The highest BCUT2D eigenvalue weighted by Crippen LogP contribution is 2.35. The van der Waals surface area contributed by atoms with E-state index in [2.05, 4.69) is 24.0 Å².